The van der Waals surface area contributed by atoms with Gasteiger partial charge < -0.3 is 20.5 Å². The standard InChI is InChI=1S/C20H16N4O.C6H6O/c25-20-8-7-18(24-20)11-17-4-3-14(22-17)9-13-1-2-15(21-13)10-16-5-6-19(12-20)23-16;7-6-4-2-1-3-5-6/h1-7,9-12,21,24-25H,8H2;1-5,7H. The monoisotopic (exact) mass is 422 g/mol. The fourth-order valence-corrected chi connectivity index (χ4v) is 3.67. The van der Waals surface area contributed by atoms with Gasteiger partial charge in [0.05, 0.1) is 22.8 Å². The van der Waals surface area contributed by atoms with Gasteiger partial charge in [-0.05, 0) is 72.9 Å². The summed E-state index contributed by atoms with van der Waals surface area (Å²) in [7, 11) is 0. The second kappa shape index (κ2) is 8.17. The summed E-state index contributed by atoms with van der Waals surface area (Å²) >= 11 is 0. The molecular weight excluding hydrogens is 400 g/mol. The smallest absolute Gasteiger partial charge is 0.160 e. The van der Waals surface area contributed by atoms with Crippen molar-refractivity contribution in [1.29, 1.82) is 0 Å². The number of nitrogens with zero attached hydrogens (tertiary/aromatic N) is 2. The molecule has 0 spiro atoms. The van der Waals surface area contributed by atoms with Crippen molar-refractivity contribution in [2.24, 2.45) is 9.98 Å². The highest BCUT2D eigenvalue weighted by atomic mass is 16.3. The first-order valence-electron chi connectivity index (χ1n) is 10.3. The van der Waals surface area contributed by atoms with E-state index in [0.717, 1.165) is 39.2 Å². The summed E-state index contributed by atoms with van der Waals surface area (Å²) in [6.45, 7) is 0. The van der Waals surface area contributed by atoms with Gasteiger partial charge in [0.15, 0.2) is 5.72 Å². The molecule has 8 bridgehead atoms. The maximum atomic E-state index is 10.8. The van der Waals surface area contributed by atoms with Crippen molar-refractivity contribution in [3.63, 3.8) is 0 Å². The lowest BCUT2D eigenvalue weighted by Crippen LogP contribution is -2.38. The van der Waals surface area contributed by atoms with Gasteiger partial charge in [-0.15, -0.1) is 0 Å². The number of hydrogen-bond donors (Lipinski definition) is 4. The van der Waals surface area contributed by atoms with Crippen molar-refractivity contribution in [2.75, 3.05) is 0 Å². The number of nitrogens with one attached hydrogen (secondary N) is 2. The molecule has 0 amide bonds. The van der Waals surface area contributed by atoms with Crippen molar-refractivity contribution < 1.29 is 10.2 Å². The van der Waals surface area contributed by atoms with Gasteiger partial charge in [0.2, 0.25) is 0 Å². The molecule has 4 aliphatic rings. The summed E-state index contributed by atoms with van der Waals surface area (Å²) in [4.78, 5) is 12.5. The minimum atomic E-state index is -1.12. The van der Waals surface area contributed by atoms with Gasteiger partial charge in [0, 0.05) is 22.8 Å². The summed E-state index contributed by atoms with van der Waals surface area (Å²) in [6.07, 6.45) is 17.9. The zero-order valence-electron chi connectivity index (χ0n) is 17.2. The quantitative estimate of drug-likeness (QED) is 0.525. The van der Waals surface area contributed by atoms with Crippen LogP contribution in [0.3, 0.4) is 0 Å². The molecule has 4 N–H and O–H groups in total. The van der Waals surface area contributed by atoms with Crippen molar-refractivity contribution in [3.05, 3.63) is 113 Å². The third-order valence-electron chi connectivity index (χ3n) is 5.14. The number of aromatic amines is 1. The number of aromatic hydroxyl groups is 1. The molecule has 2 aromatic rings. The highest BCUT2D eigenvalue weighted by Crippen LogP contribution is 2.25. The van der Waals surface area contributed by atoms with Crippen molar-refractivity contribution in [1.82, 2.24) is 10.3 Å². The van der Waals surface area contributed by atoms with Crippen LogP contribution in [0.1, 0.15) is 6.42 Å². The van der Waals surface area contributed by atoms with Gasteiger partial charge in [0.25, 0.3) is 0 Å². The van der Waals surface area contributed by atoms with Gasteiger partial charge in [-0.1, -0.05) is 24.3 Å². The Hall–Kier alpha value is -4.16. The van der Waals surface area contributed by atoms with Crippen LogP contribution < -0.4 is 16.0 Å². The number of aliphatic hydroxyl groups is 1. The molecule has 1 aromatic heterocycles. The van der Waals surface area contributed by atoms with E-state index >= 15 is 0 Å². The van der Waals surface area contributed by atoms with E-state index in [9.17, 15) is 5.11 Å². The fourth-order valence-electron chi connectivity index (χ4n) is 3.67. The lowest BCUT2D eigenvalue weighted by Gasteiger charge is -2.20. The van der Waals surface area contributed by atoms with Gasteiger partial charge in [-0.2, -0.15) is 0 Å². The molecule has 6 heteroatoms. The Bertz CT molecular complexity index is 1380. The van der Waals surface area contributed by atoms with E-state index in [2.05, 4.69) is 20.3 Å². The van der Waals surface area contributed by atoms with Crippen LogP contribution >= 0.6 is 0 Å². The molecule has 158 valence electrons. The Morgan fingerprint density at radius 1 is 0.781 bits per heavy atom. The van der Waals surface area contributed by atoms with Crippen molar-refractivity contribution in [2.45, 2.75) is 12.1 Å². The molecule has 5 heterocycles. The topological polar surface area (TPSA) is 93.0 Å². The van der Waals surface area contributed by atoms with Crippen molar-refractivity contribution >= 4 is 23.6 Å². The molecule has 1 aromatic carbocycles. The second-order valence-electron chi connectivity index (χ2n) is 7.78. The Kier molecular flexibility index (Phi) is 5.05. The first-order valence-corrected chi connectivity index (χ1v) is 10.3. The maximum absolute atomic E-state index is 10.8. The number of aromatic nitrogens is 1. The largest absolute Gasteiger partial charge is 0.508 e. The van der Waals surface area contributed by atoms with Crippen LogP contribution in [-0.4, -0.2) is 32.3 Å². The Morgan fingerprint density at radius 2 is 1.44 bits per heavy atom. The van der Waals surface area contributed by atoms with E-state index in [4.69, 9.17) is 5.11 Å². The number of H-pyrrole nitrogens is 1. The molecule has 0 aliphatic carbocycles. The molecule has 6 nitrogen and oxygen atoms in total. The number of hydrogen-bond acceptors (Lipinski definition) is 5. The Balaban J connectivity index is 0.000000265. The van der Waals surface area contributed by atoms with Gasteiger partial charge in [-0.25, -0.2) is 9.98 Å². The number of phenolic OH excluding ortho intramolecular Hbond substituents is 1. The number of phenols is 1. The van der Waals surface area contributed by atoms with Crippen LogP contribution in [0.2, 0.25) is 0 Å². The molecule has 1 atom stereocenters. The second-order valence-corrected chi connectivity index (χ2v) is 7.78. The molecule has 1 unspecified atom stereocenters. The average molecular weight is 422 g/mol. The van der Waals surface area contributed by atoms with Crippen LogP contribution in [0, 0.1) is 0 Å². The maximum Gasteiger partial charge on any atom is 0.160 e. The first-order chi connectivity index (χ1) is 15.5. The predicted octanol–water partition coefficient (Wildman–Crippen LogP) is 2.34. The van der Waals surface area contributed by atoms with E-state index in [0.29, 0.717) is 12.2 Å². The third kappa shape index (κ3) is 4.61. The number of allylic oxidation sites excluding steroid dienone is 5. The van der Waals surface area contributed by atoms with Gasteiger partial charge in [0.1, 0.15) is 5.75 Å². The Labute approximate surface area is 185 Å². The highest BCUT2D eigenvalue weighted by molar-refractivity contribution is 6.20. The normalized spacial score (nSPS) is 22.2. The molecular formula is C26H22N4O2. The molecule has 0 saturated carbocycles. The fraction of sp³-hybridized carbons (Fsp3) is 0.0769. The predicted molar refractivity (Wildman–Crippen MR) is 127 cm³/mol. The minimum absolute atomic E-state index is 0.322. The summed E-state index contributed by atoms with van der Waals surface area (Å²) in [5.74, 6) is 0.322. The number of aliphatic imine (C=N–C) groups is 2. The summed E-state index contributed by atoms with van der Waals surface area (Å²) in [5, 5.41) is 24.5. The molecule has 0 saturated heterocycles. The number of fused-ring (bicyclic) bond motifs is 6. The van der Waals surface area contributed by atoms with Crippen LogP contribution in [0.5, 0.6) is 5.75 Å². The molecule has 4 aliphatic heterocycles. The zero-order chi connectivity index (χ0) is 22.0. The Morgan fingerprint density at radius 3 is 2.09 bits per heavy atom. The average Bonchev–Trinajstić information content (AvgIpc) is 3.55. The molecule has 0 fully saturated rings. The van der Waals surface area contributed by atoms with E-state index < -0.39 is 5.72 Å². The van der Waals surface area contributed by atoms with E-state index in [1.165, 1.54) is 0 Å². The summed E-state index contributed by atoms with van der Waals surface area (Å²) in [6, 6.07) is 12.7. The molecule has 6 rings (SSSR count). The lowest BCUT2D eigenvalue weighted by molar-refractivity contribution is 0.0792. The van der Waals surface area contributed by atoms with Crippen LogP contribution in [0.15, 0.2) is 112 Å². The van der Waals surface area contributed by atoms with Crippen molar-refractivity contribution in [3.8, 4) is 5.75 Å². The van der Waals surface area contributed by atoms with E-state index in [-0.39, 0.29) is 0 Å². The van der Waals surface area contributed by atoms with Gasteiger partial charge >= 0.3 is 0 Å². The third-order valence-corrected chi connectivity index (χ3v) is 5.14. The molecule has 32 heavy (non-hydrogen) atoms. The van der Waals surface area contributed by atoms with E-state index in [1.54, 1.807) is 30.3 Å². The molecule has 0 radical (unpaired) electrons. The van der Waals surface area contributed by atoms with Crippen LogP contribution in [0.25, 0.3) is 12.2 Å². The SMILES string of the molecule is OC12C=C3C=CC(=N3)C=c3ccc([nH]3)=CC3=NC(=CC(=CC1)N2)C=C3.Oc1ccccc1. The zero-order valence-corrected chi connectivity index (χ0v) is 17.2. The minimum Gasteiger partial charge on any atom is -0.508 e. The van der Waals surface area contributed by atoms with Crippen LogP contribution in [-0.2, 0) is 0 Å². The highest BCUT2D eigenvalue weighted by Gasteiger charge is 2.29. The summed E-state index contributed by atoms with van der Waals surface area (Å²) in [5.41, 5.74) is 3.07. The number of rotatable bonds is 0. The first kappa shape index (κ1) is 19.8. The number of benzene rings is 1. The van der Waals surface area contributed by atoms with Gasteiger partial charge in [-0.3, -0.25) is 0 Å². The summed E-state index contributed by atoms with van der Waals surface area (Å²) < 4.78 is 0. The van der Waals surface area contributed by atoms with Crippen LogP contribution in [0.4, 0.5) is 0 Å². The lowest BCUT2D eigenvalue weighted by atomic mass is 10.1. The van der Waals surface area contributed by atoms with E-state index in [1.807, 2.05) is 66.8 Å². The number of para-hydroxylation sites is 1.